The van der Waals surface area contributed by atoms with Gasteiger partial charge in [-0.15, -0.1) is 0 Å². The van der Waals surface area contributed by atoms with Gasteiger partial charge < -0.3 is 9.42 Å². The van der Waals surface area contributed by atoms with Crippen LogP contribution < -0.4 is 0 Å². The Kier molecular flexibility index (Phi) is 5.34. The molecule has 1 aliphatic carbocycles. The number of rotatable bonds is 5. The first-order valence-corrected chi connectivity index (χ1v) is 9.74. The average Bonchev–Trinajstić information content (AvgIpc) is 3.35. The molecule has 4 rings (SSSR count). The van der Waals surface area contributed by atoms with Gasteiger partial charge in [-0.05, 0) is 25.7 Å². The number of aromatic nitrogens is 2. The number of benzene rings is 1. The zero-order valence-electron chi connectivity index (χ0n) is 15.8. The van der Waals surface area contributed by atoms with Crippen LogP contribution in [0.5, 0.6) is 0 Å². The molecule has 6 nitrogen and oxygen atoms in total. The molecule has 27 heavy (non-hydrogen) atoms. The van der Waals surface area contributed by atoms with E-state index in [1.165, 1.54) is 5.56 Å². The summed E-state index contributed by atoms with van der Waals surface area (Å²) in [6.07, 6.45) is 7.26. The van der Waals surface area contributed by atoms with Gasteiger partial charge in [-0.2, -0.15) is 4.98 Å². The highest BCUT2D eigenvalue weighted by atomic mass is 16.5. The van der Waals surface area contributed by atoms with Gasteiger partial charge in [0.15, 0.2) is 0 Å². The van der Waals surface area contributed by atoms with E-state index >= 15 is 0 Å². The fraction of sp³-hybridized carbons (Fsp3) is 0.476. The smallest absolute Gasteiger partial charge is 0.241 e. The Hall–Kier alpha value is -2.47. The van der Waals surface area contributed by atoms with Gasteiger partial charge in [-0.25, -0.2) is 0 Å². The Bertz CT molecular complexity index is 804. The molecule has 2 heterocycles. The first kappa shape index (κ1) is 17.9. The van der Waals surface area contributed by atoms with Crippen LogP contribution in [0, 0.1) is 12.8 Å². The minimum atomic E-state index is 0.283. The maximum atomic E-state index is 12.4. The number of allylic oxidation sites excluding steroid dienone is 2. The van der Waals surface area contributed by atoms with Crippen molar-refractivity contribution < 1.29 is 9.32 Å². The monoisotopic (exact) mass is 366 g/mol. The number of piperazine rings is 1. The van der Waals surface area contributed by atoms with Crippen molar-refractivity contribution in [1.82, 2.24) is 19.9 Å². The van der Waals surface area contributed by atoms with Crippen LogP contribution in [-0.2, 0) is 11.3 Å². The second kappa shape index (κ2) is 8.05. The fourth-order valence-electron chi connectivity index (χ4n) is 3.70. The largest absolute Gasteiger partial charge is 0.340 e. The van der Waals surface area contributed by atoms with E-state index in [2.05, 4.69) is 34.1 Å². The van der Waals surface area contributed by atoms with E-state index in [-0.39, 0.29) is 5.91 Å². The van der Waals surface area contributed by atoms with Crippen molar-refractivity contribution in [3.63, 3.8) is 0 Å². The number of nitrogens with zero attached hydrogens (tertiary/aromatic N) is 4. The van der Waals surface area contributed by atoms with E-state index in [1.54, 1.807) is 0 Å². The van der Waals surface area contributed by atoms with Crippen molar-refractivity contribution in [2.24, 2.45) is 5.92 Å². The molecule has 1 aromatic heterocycles. The van der Waals surface area contributed by atoms with E-state index in [0.29, 0.717) is 30.6 Å². The molecule has 0 spiro atoms. The molecule has 1 aliphatic heterocycles. The number of amides is 1. The highest BCUT2D eigenvalue weighted by molar-refractivity contribution is 5.76. The highest BCUT2D eigenvalue weighted by Gasteiger charge is 2.24. The lowest BCUT2D eigenvalue weighted by Crippen LogP contribution is -2.48. The van der Waals surface area contributed by atoms with Gasteiger partial charge in [0.25, 0.3) is 0 Å². The van der Waals surface area contributed by atoms with Gasteiger partial charge in [0.1, 0.15) is 0 Å². The molecular formula is C21H26N4O2. The molecule has 0 bridgehead atoms. The molecule has 1 fully saturated rings. The number of hydrogen-bond donors (Lipinski definition) is 0. The van der Waals surface area contributed by atoms with Crippen molar-refractivity contribution in [2.75, 3.05) is 26.2 Å². The van der Waals surface area contributed by atoms with E-state index in [4.69, 9.17) is 4.52 Å². The van der Waals surface area contributed by atoms with Crippen molar-refractivity contribution in [3.8, 4) is 11.4 Å². The lowest BCUT2D eigenvalue weighted by atomic mass is 10.0. The fourth-order valence-corrected chi connectivity index (χ4v) is 3.70. The zero-order chi connectivity index (χ0) is 18.6. The maximum absolute atomic E-state index is 12.4. The molecule has 6 heteroatoms. The van der Waals surface area contributed by atoms with Gasteiger partial charge in [0.05, 0.1) is 6.54 Å². The molecule has 0 radical (unpaired) electrons. The van der Waals surface area contributed by atoms with Gasteiger partial charge in [-0.1, -0.05) is 47.1 Å². The van der Waals surface area contributed by atoms with Crippen molar-refractivity contribution in [2.45, 2.75) is 32.7 Å². The molecule has 142 valence electrons. The van der Waals surface area contributed by atoms with Crippen molar-refractivity contribution in [1.29, 1.82) is 0 Å². The summed E-state index contributed by atoms with van der Waals surface area (Å²) in [5.74, 6) is 1.98. The number of carbonyl (C=O) groups excluding carboxylic acids is 1. The number of hydrogen-bond acceptors (Lipinski definition) is 5. The maximum Gasteiger partial charge on any atom is 0.241 e. The third-order valence-corrected chi connectivity index (χ3v) is 5.41. The molecule has 0 N–H and O–H groups in total. The van der Waals surface area contributed by atoms with Crippen LogP contribution in [0.25, 0.3) is 11.4 Å². The predicted octanol–water partition coefficient (Wildman–Crippen LogP) is 3.05. The first-order valence-electron chi connectivity index (χ1n) is 9.74. The standard InChI is InChI=1S/C21H26N4O2/c1-16-6-8-18(9-7-16)21-22-19(27-23-21)15-24-10-12-25(13-11-24)20(26)14-17-4-2-3-5-17/h2,4,6-9,17H,3,5,10-15H2,1H3/t17-/m0/s1. The van der Waals surface area contributed by atoms with Crippen LogP contribution in [-0.4, -0.2) is 52.0 Å². The van der Waals surface area contributed by atoms with Crippen LogP contribution in [0.3, 0.4) is 0 Å². The Morgan fingerprint density at radius 1 is 1.19 bits per heavy atom. The van der Waals surface area contributed by atoms with E-state index in [0.717, 1.165) is 44.6 Å². The Morgan fingerprint density at radius 3 is 2.67 bits per heavy atom. The van der Waals surface area contributed by atoms with E-state index in [1.807, 2.05) is 29.2 Å². The molecule has 1 aromatic carbocycles. The number of aryl methyl sites for hydroxylation is 1. The highest BCUT2D eigenvalue weighted by Crippen LogP contribution is 2.22. The zero-order valence-corrected chi connectivity index (χ0v) is 15.8. The van der Waals surface area contributed by atoms with Gasteiger partial charge in [-0.3, -0.25) is 9.69 Å². The summed E-state index contributed by atoms with van der Waals surface area (Å²) in [7, 11) is 0. The van der Waals surface area contributed by atoms with Crippen LogP contribution in [0.2, 0.25) is 0 Å². The lowest BCUT2D eigenvalue weighted by Gasteiger charge is -2.34. The molecule has 1 atom stereocenters. The van der Waals surface area contributed by atoms with E-state index in [9.17, 15) is 4.79 Å². The Balaban J connectivity index is 1.27. The van der Waals surface area contributed by atoms with Gasteiger partial charge >= 0.3 is 0 Å². The first-order chi connectivity index (χ1) is 13.2. The van der Waals surface area contributed by atoms with Crippen LogP contribution >= 0.6 is 0 Å². The lowest BCUT2D eigenvalue weighted by molar-refractivity contribution is -0.133. The summed E-state index contributed by atoms with van der Waals surface area (Å²) < 4.78 is 5.42. The Labute approximate surface area is 159 Å². The van der Waals surface area contributed by atoms with Crippen molar-refractivity contribution >= 4 is 5.91 Å². The van der Waals surface area contributed by atoms with Gasteiger partial charge in [0, 0.05) is 38.2 Å². The summed E-state index contributed by atoms with van der Waals surface area (Å²) in [5, 5.41) is 4.10. The SMILES string of the molecule is Cc1ccc(-c2noc(CN3CCN(C(=O)C[C@H]4C=CCC4)CC3)n2)cc1. The topological polar surface area (TPSA) is 62.5 Å². The quantitative estimate of drug-likeness (QED) is 0.761. The third-order valence-electron chi connectivity index (χ3n) is 5.41. The minimum Gasteiger partial charge on any atom is -0.340 e. The summed E-state index contributed by atoms with van der Waals surface area (Å²) in [5.41, 5.74) is 2.17. The second-order valence-corrected chi connectivity index (χ2v) is 7.50. The second-order valence-electron chi connectivity index (χ2n) is 7.50. The molecule has 0 saturated carbocycles. The molecular weight excluding hydrogens is 340 g/mol. The number of carbonyl (C=O) groups is 1. The summed E-state index contributed by atoms with van der Waals surface area (Å²) >= 11 is 0. The van der Waals surface area contributed by atoms with E-state index < -0.39 is 0 Å². The predicted molar refractivity (Wildman–Crippen MR) is 103 cm³/mol. The minimum absolute atomic E-state index is 0.283. The average molecular weight is 366 g/mol. The molecule has 2 aromatic rings. The summed E-state index contributed by atoms with van der Waals surface area (Å²) in [6, 6.07) is 8.10. The normalized spacial score (nSPS) is 20.3. The Morgan fingerprint density at radius 2 is 1.96 bits per heavy atom. The third kappa shape index (κ3) is 4.45. The summed E-state index contributed by atoms with van der Waals surface area (Å²) in [4.78, 5) is 21.2. The van der Waals surface area contributed by atoms with Crippen LogP contribution in [0.4, 0.5) is 0 Å². The molecule has 2 aliphatic rings. The van der Waals surface area contributed by atoms with Crippen LogP contribution in [0.15, 0.2) is 40.9 Å². The van der Waals surface area contributed by atoms with Crippen LogP contribution in [0.1, 0.15) is 30.7 Å². The molecule has 1 amide bonds. The van der Waals surface area contributed by atoms with Gasteiger partial charge in [0.2, 0.25) is 17.6 Å². The molecule has 1 saturated heterocycles. The molecule has 0 unspecified atom stereocenters. The van der Waals surface area contributed by atoms with Crippen molar-refractivity contribution in [3.05, 3.63) is 47.9 Å². The summed E-state index contributed by atoms with van der Waals surface area (Å²) in [6.45, 7) is 5.91.